The minimum Gasteiger partial charge on any atom is -0.497 e. The lowest BCUT2D eigenvalue weighted by Crippen LogP contribution is -2.32. The van der Waals surface area contributed by atoms with Crippen LogP contribution in [0.5, 0.6) is 5.75 Å². The molecule has 21 heavy (non-hydrogen) atoms. The molecule has 3 heteroatoms. The molecule has 0 saturated heterocycles. The van der Waals surface area contributed by atoms with Crippen molar-refractivity contribution in [3.8, 4) is 5.75 Å². The van der Waals surface area contributed by atoms with Gasteiger partial charge in [0, 0.05) is 19.2 Å². The summed E-state index contributed by atoms with van der Waals surface area (Å²) in [7, 11) is 1.75. The Labute approximate surface area is 129 Å². The third kappa shape index (κ3) is 4.05. The highest BCUT2D eigenvalue weighted by Crippen LogP contribution is 2.38. The molecule has 0 bridgehead atoms. The molecule has 0 radical (unpaired) electrons. The molecule has 0 saturated carbocycles. The number of nitrogens with zero attached hydrogens (tertiary/aromatic N) is 2. The molecule has 0 aliphatic carbocycles. The van der Waals surface area contributed by atoms with Crippen molar-refractivity contribution in [1.29, 1.82) is 0 Å². The predicted molar refractivity (Wildman–Crippen MR) is 91.6 cm³/mol. The van der Waals surface area contributed by atoms with E-state index in [0.29, 0.717) is 0 Å². The summed E-state index contributed by atoms with van der Waals surface area (Å²) in [6.45, 7) is 7.88. The highest BCUT2D eigenvalue weighted by Gasteiger charge is 2.25. The molecule has 2 rings (SSSR count). The molecule has 1 aromatic carbocycles. The minimum atomic E-state index is 0.963. The van der Waals surface area contributed by atoms with E-state index in [-0.39, 0.29) is 0 Å². The van der Waals surface area contributed by atoms with Gasteiger partial charge >= 0.3 is 0 Å². The van der Waals surface area contributed by atoms with Crippen molar-refractivity contribution >= 4 is 11.4 Å². The van der Waals surface area contributed by atoms with E-state index in [4.69, 9.17) is 4.74 Å². The van der Waals surface area contributed by atoms with Crippen LogP contribution in [0.3, 0.4) is 0 Å². The number of fused-ring (bicyclic) bond motifs is 1. The molecule has 0 aromatic heterocycles. The molecule has 1 aliphatic heterocycles. The maximum absolute atomic E-state index is 5.40. The lowest BCUT2D eigenvalue weighted by atomic mass is 10.2. The molecule has 0 spiro atoms. The monoisotopic (exact) mass is 290 g/mol. The summed E-state index contributed by atoms with van der Waals surface area (Å²) in [6.07, 6.45) is 7.74. The maximum atomic E-state index is 5.40. The van der Waals surface area contributed by atoms with Gasteiger partial charge in [-0.3, -0.25) is 0 Å². The van der Waals surface area contributed by atoms with Gasteiger partial charge in [-0.2, -0.15) is 0 Å². The Morgan fingerprint density at radius 3 is 2.10 bits per heavy atom. The second-order valence-corrected chi connectivity index (χ2v) is 5.94. The van der Waals surface area contributed by atoms with E-state index in [9.17, 15) is 0 Å². The van der Waals surface area contributed by atoms with Gasteiger partial charge in [0.1, 0.15) is 5.75 Å². The van der Waals surface area contributed by atoms with Crippen LogP contribution in [0.25, 0.3) is 0 Å². The summed E-state index contributed by atoms with van der Waals surface area (Å²) in [5.41, 5.74) is 2.73. The normalized spacial score (nSPS) is 13.7. The molecular formula is C18H30N2O. The second kappa shape index (κ2) is 8.16. The summed E-state index contributed by atoms with van der Waals surface area (Å²) in [5.74, 6) is 0.963. The lowest BCUT2D eigenvalue weighted by molar-refractivity contribution is 0.415. The molecule has 0 amide bonds. The summed E-state index contributed by atoms with van der Waals surface area (Å²) in [4.78, 5) is 5.04. The zero-order valence-electron chi connectivity index (χ0n) is 13.9. The summed E-state index contributed by atoms with van der Waals surface area (Å²) in [5, 5.41) is 0. The standard InChI is InChI=1S/C18H30N2O/c1-4-6-8-12-19-15-20(13-9-7-5-2)18-14-16(21-3)10-11-17(18)19/h10-11,14H,4-9,12-13,15H2,1-3H3. The van der Waals surface area contributed by atoms with Gasteiger partial charge in [-0.15, -0.1) is 0 Å². The summed E-state index contributed by atoms with van der Waals surface area (Å²) >= 11 is 0. The van der Waals surface area contributed by atoms with Gasteiger partial charge in [0.2, 0.25) is 0 Å². The van der Waals surface area contributed by atoms with Crippen molar-refractivity contribution in [2.24, 2.45) is 0 Å². The van der Waals surface area contributed by atoms with Crippen LogP contribution < -0.4 is 14.5 Å². The Kier molecular flexibility index (Phi) is 6.21. The van der Waals surface area contributed by atoms with Crippen LogP contribution in [-0.2, 0) is 0 Å². The number of anilines is 2. The SMILES string of the molecule is CCCCCN1CN(CCCCC)c2cc(OC)ccc21. The van der Waals surface area contributed by atoms with Gasteiger partial charge in [-0.05, 0) is 25.0 Å². The number of rotatable bonds is 9. The van der Waals surface area contributed by atoms with Crippen LogP contribution in [0, 0.1) is 0 Å². The molecule has 0 atom stereocenters. The number of unbranched alkanes of at least 4 members (excludes halogenated alkanes) is 4. The summed E-state index contributed by atoms with van der Waals surface area (Å²) < 4.78 is 5.40. The Hall–Kier alpha value is -1.38. The Balaban J connectivity index is 2.08. The predicted octanol–water partition coefficient (Wildman–Crippen LogP) is 4.66. The van der Waals surface area contributed by atoms with Crippen molar-refractivity contribution in [2.45, 2.75) is 52.4 Å². The molecule has 118 valence electrons. The first kappa shape index (κ1) is 16.0. The van der Waals surface area contributed by atoms with Crippen molar-refractivity contribution in [1.82, 2.24) is 0 Å². The van der Waals surface area contributed by atoms with Crippen molar-refractivity contribution < 1.29 is 4.74 Å². The molecule has 0 unspecified atom stereocenters. The van der Waals surface area contributed by atoms with E-state index < -0.39 is 0 Å². The van der Waals surface area contributed by atoms with Gasteiger partial charge in [0.05, 0.1) is 25.2 Å². The highest BCUT2D eigenvalue weighted by atomic mass is 16.5. The van der Waals surface area contributed by atoms with Crippen LogP contribution >= 0.6 is 0 Å². The Morgan fingerprint density at radius 2 is 1.52 bits per heavy atom. The van der Waals surface area contributed by atoms with Gasteiger partial charge in [0.15, 0.2) is 0 Å². The number of benzene rings is 1. The second-order valence-electron chi connectivity index (χ2n) is 5.94. The zero-order chi connectivity index (χ0) is 15.1. The van der Waals surface area contributed by atoms with Crippen molar-refractivity contribution in [3.63, 3.8) is 0 Å². The van der Waals surface area contributed by atoms with Crippen molar-refractivity contribution in [3.05, 3.63) is 18.2 Å². The molecule has 0 fully saturated rings. The van der Waals surface area contributed by atoms with Gasteiger partial charge in [-0.1, -0.05) is 39.5 Å². The van der Waals surface area contributed by atoms with Gasteiger partial charge in [0.25, 0.3) is 0 Å². The van der Waals surface area contributed by atoms with Crippen LogP contribution in [0.4, 0.5) is 11.4 Å². The highest BCUT2D eigenvalue weighted by molar-refractivity contribution is 5.77. The summed E-state index contributed by atoms with van der Waals surface area (Å²) in [6, 6.07) is 6.50. The minimum absolute atomic E-state index is 0.963. The van der Waals surface area contributed by atoms with Crippen LogP contribution in [0.2, 0.25) is 0 Å². The number of methoxy groups -OCH3 is 1. The fraction of sp³-hybridized carbons (Fsp3) is 0.667. The average Bonchev–Trinajstić information content (AvgIpc) is 2.85. The van der Waals surface area contributed by atoms with E-state index in [1.54, 1.807) is 7.11 Å². The molecular weight excluding hydrogens is 260 g/mol. The molecule has 0 N–H and O–H groups in total. The fourth-order valence-corrected chi connectivity index (χ4v) is 3.00. The topological polar surface area (TPSA) is 15.7 Å². The van der Waals surface area contributed by atoms with Gasteiger partial charge in [-0.25, -0.2) is 0 Å². The van der Waals surface area contributed by atoms with E-state index in [0.717, 1.165) is 25.5 Å². The van der Waals surface area contributed by atoms with E-state index in [1.807, 2.05) is 0 Å². The number of hydrogen-bond donors (Lipinski definition) is 0. The zero-order valence-corrected chi connectivity index (χ0v) is 13.9. The molecule has 1 aromatic rings. The van der Waals surface area contributed by atoms with Crippen LogP contribution in [0.15, 0.2) is 18.2 Å². The number of ether oxygens (including phenoxy) is 1. The third-order valence-electron chi connectivity index (χ3n) is 4.27. The van der Waals surface area contributed by atoms with E-state index in [2.05, 4.69) is 41.8 Å². The Bertz CT molecular complexity index is 433. The number of hydrogen-bond acceptors (Lipinski definition) is 3. The fourth-order valence-electron chi connectivity index (χ4n) is 3.00. The molecule has 1 heterocycles. The quantitative estimate of drug-likeness (QED) is 0.615. The smallest absolute Gasteiger partial charge is 0.121 e. The maximum Gasteiger partial charge on any atom is 0.121 e. The molecule has 1 aliphatic rings. The van der Waals surface area contributed by atoms with E-state index >= 15 is 0 Å². The first-order valence-electron chi connectivity index (χ1n) is 8.48. The first-order chi connectivity index (χ1) is 10.3. The van der Waals surface area contributed by atoms with Gasteiger partial charge < -0.3 is 14.5 Å². The largest absolute Gasteiger partial charge is 0.497 e. The van der Waals surface area contributed by atoms with E-state index in [1.165, 1.54) is 49.9 Å². The van der Waals surface area contributed by atoms with Crippen LogP contribution in [0.1, 0.15) is 52.4 Å². The van der Waals surface area contributed by atoms with Crippen LogP contribution in [-0.4, -0.2) is 26.9 Å². The Morgan fingerprint density at radius 1 is 0.905 bits per heavy atom. The average molecular weight is 290 g/mol. The molecule has 3 nitrogen and oxygen atoms in total. The van der Waals surface area contributed by atoms with Crippen molar-refractivity contribution in [2.75, 3.05) is 36.7 Å². The lowest BCUT2D eigenvalue weighted by Gasteiger charge is -2.21. The third-order valence-corrected chi connectivity index (χ3v) is 4.27. The first-order valence-corrected chi connectivity index (χ1v) is 8.48.